The van der Waals surface area contributed by atoms with E-state index in [2.05, 4.69) is 5.43 Å². The lowest BCUT2D eigenvalue weighted by molar-refractivity contribution is -0.139. The fourth-order valence-corrected chi connectivity index (χ4v) is 3.69. The number of nitrogens with zero attached hydrogens (tertiary/aromatic N) is 1. The zero-order chi connectivity index (χ0) is 27.6. The molecular formula is C23H20Cl4F4N2O3. The summed E-state index contributed by atoms with van der Waals surface area (Å²) >= 11 is 23.5. The smallest absolute Gasteiger partial charge is 0.428 e. The number of carbonyl (C=O) groups excluding carboxylic acids is 2. The van der Waals surface area contributed by atoms with E-state index in [0.717, 1.165) is 35.3 Å². The minimum absolute atomic E-state index is 0.134. The van der Waals surface area contributed by atoms with Crippen LogP contribution in [0.4, 0.5) is 22.4 Å². The van der Waals surface area contributed by atoms with Crippen molar-refractivity contribution in [1.82, 2.24) is 10.4 Å². The summed E-state index contributed by atoms with van der Waals surface area (Å²) in [5, 5.41) is -0.0686. The minimum atomic E-state index is -4.90. The molecule has 0 saturated carbocycles. The molecule has 0 aliphatic rings. The molecule has 1 N–H and O–H groups in total. The number of rotatable bonds is 4. The normalized spacial score (nSPS) is 13.3. The molecule has 0 bridgehead atoms. The molecule has 0 radical (unpaired) electrons. The van der Waals surface area contributed by atoms with Crippen LogP contribution in [-0.2, 0) is 4.74 Å². The number of alkyl halides is 3. The molecule has 0 aliphatic heterocycles. The van der Waals surface area contributed by atoms with Gasteiger partial charge in [-0.15, -0.1) is 0 Å². The summed E-state index contributed by atoms with van der Waals surface area (Å²) in [6.07, 6.45) is -5.41. The second-order valence-corrected chi connectivity index (χ2v) is 10.1. The van der Waals surface area contributed by atoms with Gasteiger partial charge in [-0.1, -0.05) is 52.5 Å². The Bertz CT molecular complexity index is 1170. The highest BCUT2D eigenvalue weighted by molar-refractivity contribution is 6.48. The van der Waals surface area contributed by atoms with E-state index in [0.29, 0.717) is 6.08 Å². The van der Waals surface area contributed by atoms with E-state index in [-0.39, 0.29) is 31.2 Å². The molecule has 0 saturated heterocycles. The van der Waals surface area contributed by atoms with Crippen molar-refractivity contribution in [2.24, 2.45) is 0 Å². The largest absolute Gasteiger partial charge is 0.442 e. The van der Waals surface area contributed by atoms with E-state index in [1.807, 2.05) is 0 Å². The number of amides is 2. The van der Waals surface area contributed by atoms with Gasteiger partial charge in [0.2, 0.25) is 0 Å². The maximum Gasteiger partial charge on any atom is 0.428 e. The average Bonchev–Trinajstić information content (AvgIpc) is 2.72. The minimum Gasteiger partial charge on any atom is -0.442 e. The molecular weight excluding hydrogens is 570 g/mol. The van der Waals surface area contributed by atoms with Crippen LogP contribution < -0.4 is 5.43 Å². The molecule has 36 heavy (non-hydrogen) atoms. The van der Waals surface area contributed by atoms with Crippen LogP contribution in [0.1, 0.15) is 48.2 Å². The van der Waals surface area contributed by atoms with Crippen LogP contribution in [0, 0.1) is 0 Å². The van der Waals surface area contributed by atoms with Crippen molar-refractivity contribution >= 4 is 64.2 Å². The van der Waals surface area contributed by atoms with E-state index >= 15 is 0 Å². The molecule has 2 amide bonds. The van der Waals surface area contributed by atoms with Gasteiger partial charge in [0.05, 0.1) is 25.7 Å². The molecule has 2 aromatic rings. The first-order valence-electron chi connectivity index (χ1n) is 10.1. The van der Waals surface area contributed by atoms with E-state index in [1.54, 1.807) is 20.8 Å². The van der Waals surface area contributed by atoms with Crippen molar-refractivity contribution < 1.29 is 31.9 Å². The number of allylic oxidation sites excluding steroid dienone is 1. The Morgan fingerprint density at radius 2 is 1.56 bits per heavy atom. The van der Waals surface area contributed by atoms with Gasteiger partial charge in [0, 0.05) is 12.6 Å². The summed E-state index contributed by atoms with van der Waals surface area (Å²) in [7, 11) is 1.24. The quantitative estimate of drug-likeness (QED) is 0.221. The first-order chi connectivity index (χ1) is 16.4. The van der Waals surface area contributed by atoms with Crippen LogP contribution in [0.25, 0.3) is 5.83 Å². The molecule has 5 nitrogen and oxygen atoms in total. The van der Waals surface area contributed by atoms with Crippen molar-refractivity contribution in [2.75, 3.05) is 7.05 Å². The Hall–Kier alpha value is -2.20. The van der Waals surface area contributed by atoms with Crippen LogP contribution in [-0.4, -0.2) is 35.8 Å². The summed E-state index contributed by atoms with van der Waals surface area (Å²) in [6, 6.07) is 5.03. The fourth-order valence-electron chi connectivity index (χ4n) is 2.81. The van der Waals surface area contributed by atoms with E-state index in [4.69, 9.17) is 51.1 Å². The number of ether oxygens (including phenoxy) is 1. The van der Waals surface area contributed by atoms with Gasteiger partial charge in [0.15, 0.2) is 0 Å². The number of hydrazine groups is 1. The van der Waals surface area contributed by atoms with Gasteiger partial charge in [-0.05, 0) is 56.7 Å². The maximum atomic E-state index is 14.9. The second-order valence-electron chi connectivity index (χ2n) is 8.51. The molecule has 0 fully saturated rings. The predicted molar refractivity (Wildman–Crippen MR) is 132 cm³/mol. The van der Waals surface area contributed by atoms with Gasteiger partial charge in [-0.25, -0.2) is 14.2 Å². The summed E-state index contributed by atoms with van der Waals surface area (Å²) in [4.78, 5) is 24.5. The Labute approximate surface area is 224 Å². The summed E-state index contributed by atoms with van der Waals surface area (Å²) < 4.78 is 61.2. The Morgan fingerprint density at radius 3 is 2.03 bits per heavy atom. The molecule has 2 rings (SSSR count). The average molecular weight is 590 g/mol. The lowest BCUT2D eigenvalue weighted by Crippen LogP contribution is -2.45. The van der Waals surface area contributed by atoms with E-state index in [1.165, 1.54) is 7.05 Å². The number of nitrogens with one attached hydrogen (secondary N) is 1. The lowest BCUT2D eigenvalue weighted by atomic mass is 9.96. The van der Waals surface area contributed by atoms with Crippen LogP contribution in [0.15, 0.2) is 36.4 Å². The van der Waals surface area contributed by atoms with Gasteiger partial charge >= 0.3 is 12.3 Å². The van der Waals surface area contributed by atoms with E-state index in [9.17, 15) is 27.2 Å². The molecule has 2 aromatic carbocycles. The molecule has 13 heteroatoms. The Balaban J connectivity index is 2.32. The summed E-state index contributed by atoms with van der Waals surface area (Å²) in [6.45, 7) is 4.91. The topological polar surface area (TPSA) is 58.6 Å². The third kappa shape index (κ3) is 7.90. The molecule has 196 valence electrons. The summed E-state index contributed by atoms with van der Waals surface area (Å²) in [5.74, 6) is -4.50. The molecule has 0 heterocycles. The third-order valence-electron chi connectivity index (χ3n) is 4.46. The fraction of sp³-hybridized carbons (Fsp3) is 0.304. The van der Waals surface area contributed by atoms with E-state index < -0.39 is 41.1 Å². The number of halogens is 8. The van der Waals surface area contributed by atoms with Crippen molar-refractivity contribution in [1.29, 1.82) is 0 Å². The molecule has 0 aliphatic carbocycles. The van der Waals surface area contributed by atoms with Crippen molar-refractivity contribution in [3.8, 4) is 0 Å². The zero-order valence-corrected chi connectivity index (χ0v) is 22.3. The highest BCUT2D eigenvalue weighted by Crippen LogP contribution is 2.42. The molecule has 1 atom stereocenters. The second kappa shape index (κ2) is 11.5. The van der Waals surface area contributed by atoms with Crippen LogP contribution in [0.2, 0.25) is 20.1 Å². The van der Waals surface area contributed by atoms with Gasteiger partial charge < -0.3 is 4.74 Å². The van der Waals surface area contributed by atoms with Gasteiger partial charge in [0.1, 0.15) is 17.3 Å². The third-order valence-corrected chi connectivity index (χ3v) is 5.97. The van der Waals surface area contributed by atoms with Crippen LogP contribution >= 0.6 is 46.4 Å². The van der Waals surface area contributed by atoms with Gasteiger partial charge in [-0.2, -0.15) is 13.2 Å². The number of hydrogen-bond donors (Lipinski definition) is 1. The number of carbonyl (C=O) groups is 2. The Morgan fingerprint density at radius 1 is 1.00 bits per heavy atom. The van der Waals surface area contributed by atoms with Gasteiger partial charge in [-0.3, -0.25) is 10.2 Å². The van der Waals surface area contributed by atoms with Gasteiger partial charge in [0.25, 0.3) is 5.91 Å². The van der Waals surface area contributed by atoms with Crippen LogP contribution in [0.5, 0.6) is 0 Å². The maximum absolute atomic E-state index is 14.9. The zero-order valence-electron chi connectivity index (χ0n) is 19.2. The van der Waals surface area contributed by atoms with Crippen molar-refractivity contribution in [3.05, 3.63) is 73.2 Å². The van der Waals surface area contributed by atoms with Crippen LogP contribution in [0.3, 0.4) is 0 Å². The summed E-state index contributed by atoms with van der Waals surface area (Å²) in [5.41, 5.74) is 0.522. The number of benzene rings is 2. The standard InChI is InChI=1S/C23H20Cl4F4N2O3/c1-22(2,3)36-21(35)33(4)32-20(34)13-6-5-11(7-15(13)24)18(28)10-14(23(29,30)31)12-8-16(25)19(27)17(26)9-12/h5-10,14H,1-4H3,(H,32,34)/b18-10-. The van der Waals surface area contributed by atoms with Crippen molar-refractivity contribution in [2.45, 2.75) is 38.5 Å². The highest BCUT2D eigenvalue weighted by atomic mass is 35.5. The Kier molecular flexibility index (Phi) is 9.56. The monoisotopic (exact) mass is 588 g/mol. The number of hydrogen-bond acceptors (Lipinski definition) is 3. The highest BCUT2D eigenvalue weighted by Gasteiger charge is 2.40. The SMILES string of the molecule is CN(NC(=O)c1ccc(/C(F)=C/C(c2cc(Cl)c(Cl)c(Cl)c2)C(F)(F)F)cc1Cl)C(=O)OC(C)(C)C. The van der Waals surface area contributed by atoms with Crippen molar-refractivity contribution in [3.63, 3.8) is 0 Å². The molecule has 0 spiro atoms. The first-order valence-corrected chi connectivity index (χ1v) is 11.6. The molecule has 1 unspecified atom stereocenters. The predicted octanol–water partition coefficient (Wildman–Crippen LogP) is 8.47. The first kappa shape index (κ1) is 30.0. The molecule has 0 aromatic heterocycles. The lowest BCUT2D eigenvalue weighted by Gasteiger charge is -2.24.